The number of fused-ring (bicyclic) bond motifs is 1. The van der Waals surface area contributed by atoms with E-state index in [-0.39, 0.29) is 24.1 Å². The number of hydrogen-bond donors (Lipinski definition) is 2. The first-order valence-electron chi connectivity index (χ1n) is 15.3. The lowest BCUT2D eigenvalue weighted by Gasteiger charge is -2.65. The van der Waals surface area contributed by atoms with Crippen LogP contribution in [0.5, 0.6) is 0 Å². The van der Waals surface area contributed by atoms with Crippen molar-refractivity contribution in [3.8, 4) is 0 Å². The van der Waals surface area contributed by atoms with Crippen LogP contribution < -0.4 is 10.6 Å². The monoisotopic (exact) mass is 551 g/mol. The molecule has 2 heterocycles. The number of unbranched alkanes of at least 4 members (excludes halogenated alkanes) is 4. The highest BCUT2D eigenvalue weighted by atomic mass is 32.2. The van der Waals surface area contributed by atoms with E-state index >= 15 is 0 Å². The Morgan fingerprint density at radius 2 is 1.72 bits per heavy atom. The molecule has 4 saturated carbocycles. The van der Waals surface area contributed by atoms with Crippen molar-refractivity contribution in [2.24, 2.45) is 16.7 Å². The smallest absolute Gasteiger partial charge is 0.255 e. The number of piperidine rings is 1. The molecular formula is C32H45N3O3S. The van der Waals surface area contributed by atoms with E-state index in [4.69, 9.17) is 0 Å². The number of nitrogens with one attached hydrogen (secondary N) is 2. The summed E-state index contributed by atoms with van der Waals surface area (Å²) in [6.07, 6.45) is 15.5. The number of imide groups is 1. The highest BCUT2D eigenvalue weighted by Crippen LogP contribution is 2.66. The summed E-state index contributed by atoms with van der Waals surface area (Å²) in [5.41, 5.74) is 3.32. The molecule has 1 saturated heterocycles. The minimum Gasteiger partial charge on any atom is -0.322 e. The number of hydrogen-bond acceptors (Lipinski definition) is 5. The maximum atomic E-state index is 13.0. The maximum absolute atomic E-state index is 13.0. The predicted molar refractivity (Wildman–Crippen MR) is 154 cm³/mol. The number of benzene rings is 1. The third kappa shape index (κ3) is 5.55. The van der Waals surface area contributed by atoms with Gasteiger partial charge in [-0.1, -0.05) is 39.2 Å². The Kier molecular flexibility index (Phi) is 7.37. The molecule has 0 aromatic heterocycles. The first-order chi connectivity index (χ1) is 18.7. The number of amides is 3. The Balaban J connectivity index is 0.903. The van der Waals surface area contributed by atoms with Crippen molar-refractivity contribution in [2.45, 2.75) is 120 Å². The molecule has 0 radical (unpaired) electrons. The zero-order chi connectivity index (χ0) is 27.3. The second-order valence-electron chi connectivity index (χ2n) is 14.1. The Hall–Kier alpha value is -1.86. The molecule has 7 heteroatoms. The molecule has 3 amide bonds. The molecule has 7 rings (SSSR count). The topological polar surface area (TPSA) is 78.5 Å². The van der Waals surface area contributed by atoms with Crippen molar-refractivity contribution in [3.63, 3.8) is 0 Å². The van der Waals surface area contributed by atoms with Crippen molar-refractivity contribution < 1.29 is 14.4 Å². The highest BCUT2D eigenvalue weighted by molar-refractivity contribution is 7.99. The number of carbonyl (C=O) groups is 3. The second-order valence-corrected chi connectivity index (χ2v) is 15.3. The Bertz CT molecular complexity index is 1130. The predicted octanol–water partition coefficient (Wildman–Crippen LogP) is 5.83. The Morgan fingerprint density at radius 1 is 0.974 bits per heavy atom. The number of carbonyl (C=O) groups excluding carboxylic acids is 3. The van der Waals surface area contributed by atoms with Gasteiger partial charge in [-0.05, 0) is 105 Å². The lowest BCUT2D eigenvalue weighted by atomic mass is 9.43. The van der Waals surface area contributed by atoms with E-state index in [1.54, 1.807) is 4.90 Å². The van der Waals surface area contributed by atoms with Gasteiger partial charge in [-0.2, -0.15) is 0 Å². The molecule has 4 bridgehead atoms. The van der Waals surface area contributed by atoms with E-state index in [0.717, 1.165) is 22.1 Å². The van der Waals surface area contributed by atoms with E-state index in [9.17, 15) is 14.4 Å². The number of rotatable bonds is 11. The average molecular weight is 552 g/mol. The number of nitrogens with zero attached hydrogens (tertiary/aromatic N) is 1. The van der Waals surface area contributed by atoms with E-state index < -0.39 is 6.04 Å². The quantitative estimate of drug-likeness (QED) is 0.206. The van der Waals surface area contributed by atoms with Gasteiger partial charge in [-0.15, -0.1) is 11.8 Å². The van der Waals surface area contributed by atoms with Crippen LogP contribution in [-0.4, -0.2) is 46.5 Å². The van der Waals surface area contributed by atoms with Gasteiger partial charge < -0.3 is 10.2 Å². The minimum atomic E-state index is -0.552. The van der Waals surface area contributed by atoms with Gasteiger partial charge in [-0.25, -0.2) is 0 Å². The summed E-state index contributed by atoms with van der Waals surface area (Å²) < 4.78 is 0. The third-order valence-electron chi connectivity index (χ3n) is 10.2. The molecule has 6 nitrogen and oxygen atoms in total. The van der Waals surface area contributed by atoms with Crippen LogP contribution in [0.1, 0.15) is 113 Å². The molecule has 1 aromatic rings. The summed E-state index contributed by atoms with van der Waals surface area (Å²) in [5.74, 6) is 1.30. The van der Waals surface area contributed by atoms with Gasteiger partial charge in [0.1, 0.15) is 6.04 Å². The van der Waals surface area contributed by atoms with Crippen molar-refractivity contribution >= 4 is 29.5 Å². The lowest BCUT2D eigenvalue weighted by Crippen LogP contribution is -2.64. The molecule has 3 atom stereocenters. The zero-order valence-electron chi connectivity index (χ0n) is 23.8. The molecular weight excluding hydrogens is 506 g/mol. The summed E-state index contributed by atoms with van der Waals surface area (Å²) in [6.45, 7) is 6.74. The summed E-state index contributed by atoms with van der Waals surface area (Å²) in [4.78, 5) is 39.7. The largest absolute Gasteiger partial charge is 0.322 e. The van der Waals surface area contributed by atoms with Gasteiger partial charge in [0.2, 0.25) is 11.8 Å². The molecule has 2 aliphatic heterocycles. The maximum Gasteiger partial charge on any atom is 0.255 e. The van der Waals surface area contributed by atoms with Gasteiger partial charge >= 0.3 is 0 Å². The molecule has 6 aliphatic rings. The number of thioether (sulfide) groups is 1. The molecule has 4 aliphatic carbocycles. The molecule has 2 N–H and O–H groups in total. The molecule has 5 fully saturated rings. The van der Waals surface area contributed by atoms with E-state index in [1.165, 1.54) is 77.2 Å². The van der Waals surface area contributed by atoms with Gasteiger partial charge in [0.15, 0.2) is 0 Å². The fourth-order valence-corrected chi connectivity index (χ4v) is 10.7. The second kappa shape index (κ2) is 10.5. The molecule has 0 spiro atoms. The third-order valence-corrected chi connectivity index (χ3v) is 11.4. The fraction of sp³-hybridized carbons (Fsp3) is 0.719. The summed E-state index contributed by atoms with van der Waals surface area (Å²) >= 11 is 1.83. The fourth-order valence-electron chi connectivity index (χ4n) is 9.63. The minimum absolute atomic E-state index is 0.0904. The summed E-state index contributed by atoms with van der Waals surface area (Å²) in [6, 6.07) is 5.36. The van der Waals surface area contributed by atoms with Crippen LogP contribution in [0.3, 0.4) is 0 Å². The molecule has 39 heavy (non-hydrogen) atoms. The zero-order valence-corrected chi connectivity index (χ0v) is 24.6. The first-order valence-corrected chi connectivity index (χ1v) is 16.3. The van der Waals surface area contributed by atoms with Crippen LogP contribution in [0, 0.1) is 16.7 Å². The first kappa shape index (κ1) is 27.3. The van der Waals surface area contributed by atoms with Gasteiger partial charge in [0.25, 0.3) is 5.91 Å². The summed E-state index contributed by atoms with van der Waals surface area (Å²) in [5, 5.41) is 6.47. The van der Waals surface area contributed by atoms with Crippen molar-refractivity contribution in [3.05, 3.63) is 29.3 Å². The van der Waals surface area contributed by atoms with Crippen LogP contribution in [0.2, 0.25) is 0 Å². The van der Waals surface area contributed by atoms with E-state index in [0.29, 0.717) is 34.9 Å². The van der Waals surface area contributed by atoms with Crippen molar-refractivity contribution in [1.82, 2.24) is 15.5 Å². The Labute approximate surface area is 237 Å². The van der Waals surface area contributed by atoms with Crippen LogP contribution in [-0.2, 0) is 16.1 Å². The highest BCUT2D eigenvalue weighted by Gasteiger charge is 2.59. The summed E-state index contributed by atoms with van der Waals surface area (Å²) in [7, 11) is 0. The van der Waals surface area contributed by atoms with Crippen LogP contribution in [0.15, 0.2) is 23.1 Å². The van der Waals surface area contributed by atoms with Gasteiger partial charge in [0.05, 0.1) is 0 Å². The Morgan fingerprint density at radius 3 is 2.46 bits per heavy atom. The van der Waals surface area contributed by atoms with Gasteiger partial charge in [0, 0.05) is 29.0 Å². The van der Waals surface area contributed by atoms with Crippen molar-refractivity contribution in [2.75, 3.05) is 12.3 Å². The molecule has 1 aromatic carbocycles. The molecule has 212 valence electrons. The van der Waals surface area contributed by atoms with Gasteiger partial charge in [-0.3, -0.25) is 19.7 Å². The van der Waals surface area contributed by atoms with Crippen LogP contribution in [0.4, 0.5) is 0 Å². The normalized spacial score (nSPS) is 35.0. The van der Waals surface area contributed by atoms with Crippen LogP contribution >= 0.6 is 11.8 Å². The average Bonchev–Trinajstić information content (AvgIpc) is 3.17. The molecule has 3 unspecified atom stereocenters. The SMILES string of the molecule is CC12CC3CC(C)(C1)CC(NCCCCCCCSc1cccc4c1CN(C1CCC(=O)NC1=O)C4=O)(C3)C2. The van der Waals surface area contributed by atoms with Crippen molar-refractivity contribution in [1.29, 1.82) is 0 Å². The lowest BCUT2D eigenvalue weighted by molar-refractivity contribution is -0.136. The van der Waals surface area contributed by atoms with E-state index in [1.807, 2.05) is 23.9 Å². The van der Waals surface area contributed by atoms with E-state index in [2.05, 4.69) is 30.5 Å². The standard InChI is InChI=1S/C32H45N3O3S/c1-30-15-22-16-31(2,19-30)21-32(17-22,20-30)33-13-6-4-3-5-7-14-39-26-10-8-9-23-24(26)18-35(29(23)38)25-11-12-27(36)34-28(25)37/h8-10,22,25,33H,3-7,11-21H2,1-2H3,(H,34,36,37). The van der Waals surface area contributed by atoms with Crippen LogP contribution in [0.25, 0.3) is 0 Å².